The molecule has 0 aliphatic rings. The standard InChI is InChI=1S/C18H21NO5/c1-21-14-6-8-15(9-7-14)23-11-10-19-18(20)13-24-17-5-3-4-16(12-17)22-2/h3-9,12H,10-11,13H2,1-2H3,(H,19,20). The lowest BCUT2D eigenvalue weighted by Crippen LogP contribution is -2.32. The minimum absolute atomic E-state index is 0.0598. The molecule has 6 nitrogen and oxygen atoms in total. The van der Waals surface area contributed by atoms with Gasteiger partial charge in [0.25, 0.3) is 5.91 Å². The zero-order valence-corrected chi connectivity index (χ0v) is 13.8. The molecule has 0 radical (unpaired) electrons. The molecule has 6 heteroatoms. The molecular formula is C18H21NO5. The summed E-state index contributed by atoms with van der Waals surface area (Å²) < 4.78 is 21.1. The summed E-state index contributed by atoms with van der Waals surface area (Å²) in [6.45, 7) is 0.708. The smallest absolute Gasteiger partial charge is 0.258 e. The minimum atomic E-state index is -0.212. The number of carbonyl (C=O) groups excluding carboxylic acids is 1. The van der Waals surface area contributed by atoms with Crippen molar-refractivity contribution in [1.82, 2.24) is 5.32 Å². The second-order valence-electron chi connectivity index (χ2n) is 4.84. The number of ether oxygens (including phenoxy) is 4. The third-order valence-corrected chi connectivity index (χ3v) is 3.16. The highest BCUT2D eigenvalue weighted by molar-refractivity contribution is 5.77. The van der Waals surface area contributed by atoms with Crippen molar-refractivity contribution in [3.8, 4) is 23.0 Å². The molecule has 1 N–H and O–H groups in total. The van der Waals surface area contributed by atoms with Crippen LogP contribution in [0.15, 0.2) is 48.5 Å². The highest BCUT2D eigenvalue weighted by Gasteiger charge is 2.03. The van der Waals surface area contributed by atoms with Gasteiger partial charge in [0.2, 0.25) is 0 Å². The molecule has 0 atom stereocenters. The lowest BCUT2D eigenvalue weighted by molar-refractivity contribution is -0.123. The third-order valence-electron chi connectivity index (χ3n) is 3.16. The molecule has 2 rings (SSSR count). The number of hydrogen-bond donors (Lipinski definition) is 1. The Balaban J connectivity index is 1.63. The van der Waals surface area contributed by atoms with Gasteiger partial charge in [-0.2, -0.15) is 0 Å². The van der Waals surface area contributed by atoms with E-state index in [1.807, 2.05) is 30.3 Å². The van der Waals surface area contributed by atoms with Crippen LogP contribution in [0.25, 0.3) is 0 Å². The number of methoxy groups -OCH3 is 2. The second kappa shape index (κ2) is 9.29. The molecule has 1 amide bonds. The lowest BCUT2D eigenvalue weighted by Gasteiger charge is -2.10. The van der Waals surface area contributed by atoms with Gasteiger partial charge in [-0.15, -0.1) is 0 Å². The van der Waals surface area contributed by atoms with Crippen molar-refractivity contribution in [2.24, 2.45) is 0 Å². The Hall–Kier alpha value is -2.89. The summed E-state index contributed by atoms with van der Waals surface area (Å²) >= 11 is 0. The van der Waals surface area contributed by atoms with Gasteiger partial charge in [-0.3, -0.25) is 4.79 Å². The first-order chi connectivity index (χ1) is 11.7. The average molecular weight is 331 g/mol. The fourth-order valence-electron chi connectivity index (χ4n) is 1.92. The van der Waals surface area contributed by atoms with Crippen molar-refractivity contribution in [3.05, 3.63) is 48.5 Å². The minimum Gasteiger partial charge on any atom is -0.497 e. The molecule has 0 fully saturated rings. The molecule has 2 aromatic carbocycles. The first-order valence-corrected chi connectivity index (χ1v) is 7.51. The summed E-state index contributed by atoms with van der Waals surface area (Å²) in [6, 6.07) is 14.4. The van der Waals surface area contributed by atoms with E-state index in [2.05, 4.69) is 5.32 Å². The monoisotopic (exact) mass is 331 g/mol. The van der Waals surface area contributed by atoms with Crippen LogP contribution in [0.5, 0.6) is 23.0 Å². The molecule has 24 heavy (non-hydrogen) atoms. The highest BCUT2D eigenvalue weighted by Crippen LogP contribution is 2.18. The summed E-state index contributed by atoms with van der Waals surface area (Å²) in [5.41, 5.74) is 0. The van der Waals surface area contributed by atoms with Gasteiger partial charge in [-0.05, 0) is 36.4 Å². The molecule has 0 heterocycles. The normalized spacial score (nSPS) is 9.92. The van der Waals surface area contributed by atoms with Crippen molar-refractivity contribution in [1.29, 1.82) is 0 Å². The van der Waals surface area contributed by atoms with Crippen LogP contribution in [0.1, 0.15) is 0 Å². The maximum absolute atomic E-state index is 11.7. The van der Waals surface area contributed by atoms with Crippen LogP contribution in [-0.4, -0.2) is 39.9 Å². The molecule has 0 aromatic heterocycles. The molecule has 0 aliphatic carbocycles. The largest absolute Gasteiger partial charge is 0.497 e. The molecule has 2 aromatic rings. The van der Waals surface area contributed by atoms with E-state index in [4.69, 9.17) is 18.9 Å². The van der Waals surface area contributed by atoms with Crippen LogP contribution in [0, 0.1) is 0 Å². The van der Waals surface area contributed by atoms with E-state index in [-0.39, 0.29) is 12.5 Å². The van der Waals surface area contributed by atoms with E-state index >= 15 is 0 Å². The third kappa shape index (κ3) is 5.72. The number of benzene rings is 2. The zero-order valence-electron chi connectivity index (χ0n) is 13.8. The molecule has 0 saturated heterocycles. The predicted octanol–water partition coefficient (Wildman–Crippen LogP) is 2.28. The summed E-state index contributed by atoms with van der Waals surface area (Å²) in [5.74, 6) is 2.54. The Morgan fingerprint density at radius 2 is 1.54 bits per heavy atom. The molecule has 0 unspecified atom stereocenters. The van der Waals surface area contributed by atoms with Crippen LogP contribution in [0.4, 0.5) is 0 Å². The SMILES string of the molecule is COc1ccc(OCCNC(=O)COc2cccc(OC)c2)cc1. The van der Waals surface area contributed by atoms with Crippen LogP contribution >= 0.6 is 0 Å². The Morgan fingerprint density at radius 1 is 0.875 bits per heavy atom. The van der Waals surface area contributed by atoms with Crippen molar-refractivity contribution < 1.29 is 23.7 Å². The van der Waals surface area contributed by atoms with Gasteiger partial charge in [0.1, 0.15) is 29.6 Å². The van der Waals surface area contributed by atoms with E-state index in [1.165, 1.54) is 0 Å². The van der Waals surface area contributed by atoms with E-state index in [9.17, 15) is 4.79 Å². The average Bonchev–Trinajstić information content (AvgIpc) is 2.64. The number of hydrogen-bond acceptors (Lipinski definition) is 5. The lowest BCUT2D eigenvalue weighted by atomic mass is 10.3. The van der Waals surface area contributed by atoms with E-state index < -0.39 is 0 Å². The van der Waals surface area contributed by atoms with Crippen molar-refractivity contribution >= 4 is 5.91 Å². The van der Waals surface area contributed by atoms with Gasteiger partial charge in [0.05, 0.1) is 20.8 Å². The maximum Gasteiger partial charge on any atom is 0.258 e. The Bertz CT molecular complexity index is 642. The fraction of sp³-hybridized carbons (Fsp3) is 0.278. The molecule has 0 bridgehead atoms. The van der Waals surface area contributed by atoms with Crippen molar-refractivity contribution in [2.75, 3.05) is 34.0 Å². The van der Waals surface area contributed by atoms with E-state index in [0.717, 1.165) is 11.5 Å². The molecule has 0 aliphatic heterocycles. The maximum atomic E-state index is 11.7. The number of carbonyl (C=O) groups is 1. The van der Waals surface area contributed by atoms with E-state index in [1.54, 1.807) is 32.4 Å². The quantitative estimate of drug-likeness (QED) is 0.714. The van der Waals surface area contributed by atoms with Gasteiger partial charge in [0.15, 0.2) is 6.61 Å². The number of amides is 1. The van der Waals surface area contributed by atoms with Crippen molar-refractivity contribution in [2.45, 2.75) is 0 Å². The fourth-order valence-corrected chi connectivity index (χ4v) is 1.92. The Kier molecular flexibility index (Phi) is 6.76. The number of rotatable bonds is 9. The van der Waals surface area contributed by atoms with E-state index in [0.29, 0.717) is 24.7 Å². The molecule has 0 spiro atoms. The van der Waals surface area contributed by atoms with Crippen LogP contribution < -0.4 is 24.3 Å². The summed E-state index contributed by atoms with van der Waals surface area (Å²) in [6.07, 6.45) is 0. The topological polar surface area (TPSA) is 66.0 Å². The van der Waals surface area contributed by atoms with Gasteiger partial charge < -0.3 is 24.3 Å². The van der Waals surface area contributed by atoms with Gasteiger partial charge in [-0.1, -0.05) is 6.07 Å². The van der Waals surface area contributed by atoms with Crippen molar-refractivity contribution in [3.63, 3.8) is 0 Å². The van der Waals surface area contributed by atoms with Gasteiger partial charge in [-0.25, -0.2) is 0 Å². The summed E-state index contributed by atoms with van der Waals surface area (Å²) in [4.78, 5) is 11.7. The number of nitrogens with one attached hydrogen (secondary N) is 1. The molecular weight excluding hydrogens is 310 g/mol. The Morgan fingerprint density at radius 3 is 2.25 bits per heavy atom. The molecule has 0 saturated carbocycles. The summed E-state index contributed by atoms with van der Waals surface area (Å²) in [5, 5.41) is 2.73. The molecule has 128 valence electrons. The summed E-state index contributed by atoms with van der Waals surface area (Å²) in [7, 11) is 3.19. The highest BCUT2D eigenvalue weighted by atomic mass is 16.5. The van der Waals surface area contributed by atoms with Crippen LogP contribution in [0.2, 0.25) is 0 Å². The van der Waals surface area contributed by atoms with Gasteiger partial charge >= 0.3 is 0 Å². The Labute approximate surface area is 141 Å². The predicted molar refractivity (Wildman–Crippen MR) is 90.0 cm³/mol. The van der Waals surface area contributed by atoms with Crippen LogP contribution in [-0.2, 0) is 4.79 Å². The first-order valence-electron chi connectivity index (χ1n) is 7.51. The second-order valence-corrected chi connectivity index (χ2v) is 4.84. The first kappa shape index (κ1) is 17.5. The zero-order chi connectivity index (χ0) is 17.2. The van der Waals surface area contributed by atoms with Crippen LogP contribution in [0.3, 0.4) is 0 Å². The van der Waals surface area contributed by atoms with Gasteiger partial charge in [0, 0.05) is 6.07 Å².